The number of benzene rings is 3. The molecule has 4 aromatic rings. The van der Waals surface area contributed by atoms with Crippen LogP contribution in [-0.4, -0.2) is 29.1 Å². The number of phenolic OH excluding ortho intramolecular Hbond substituents is 1. The Kier molecular flexibility index (Phi) is 11.0. The van der Waals surface area contributed by atoms with Gasteiger partial charge in [-0.25, -0.2) is 9.37 Å². The number of aromatic hydroxyl groups is 1. The van der Waals surface area contributed by atoms with Crippen molar-refractivity contribution in [1.82, 2.24) is 10.3 Å². The third-order valence-corrected chi connectivity index (χ3v) is 7.23. The highest BCUT2D eigenvalue weighted by molar-refractivity contribution is 5.94. The van der Waals surface area contributed by atoms with Crippen LogP contribution in [0.25, 0.3) is 11.1 Å². The Labute approximate surface area is 252 Å². The molecule has 7 nitrogen and oxygen atoms in total. The molecule has 224 valence electrons. The number of nitrogens with zero attached hydrogens (tertiary/aromatic N) is 3. The highest BCUT2D eigenvalue weighted by atomic mass is 19.1. The van der Waals surface area contributed by atoms with Gasteiger partial charge in [-0.2, -0.15) is 5.11 Å². The second-order valence-electron chi connectivity index (χ2n) is 11.3. The van der Waals surface area contributed by atoms with E-state index in [0.717, 1.165) is 42.4 Å². The monoisotopic (exact) mass is 582 g/mol. The zero-order chi connectivity index (χ0) is 30.7. The van der Waals surface area contributed by atoms with Crippen molar-refractivity contribution in [2.45, 2.75) is 53.0 Å². The molecule has 8 heteroatoms. The van der Waals surface area contributed by atoms with E-state index in [0.29, 0.717) is 42.4 Å². The van der Waals surface area contributed by atoms with E-state index >= 15 is 0 Å². The Hall–Kier alpha value is -4.59. The van der Waals surface area contributed by atoms with Gasteiger partial charge in [-0.05, 0) is 78.1 Å². The maximum atomic E-state index is 13.3. The maximum absolute atomic E-state index is 13.3. The molecular formula is C35H39FN4O3. The van der Waals surface area contributed by atoms with Gasteiger partial charge in [0.25, 0.3) is 5.91 Å². The zero-order valence-electron chi connectivity index (χ0n) is 25.0. The normalized spacial score (nSPS) is 11.5. The van der Waals surface area contributed by atoms with E-state index in [1.165, 1.54) is 18.3 Å². The summed E-state index contributed by atoms with van der Waals surface area (Å²) in [5, 5.41) is 21.9. The Bertz CT molecular complexity index is 1510. The van der Waals surface area contributed by atoms with E-state index in [-0.39, 0.29) is 22.9 Å². The molecule has 4 rings (SSSR count). The molecular weight excluding hydrogens is 543 g/mol. The third-order valence-electron chi connectivity index (χ3n) is 7.23. The van der Waals surface area contributed by atoms with Crippen LogP contribution in [0.1, 0.15) is 61.5 Å². The molecule has 0 unspecified atom stereocenters. The molecule has 0 spiro atoms. The van der Waals surface area contributed by atoms with Crippen molar-refractivity contribution in [1.29, 1.82) is 0 Å². The largest absolute Gasteiger partial charge is 0.507 e. The lowest BCUT2D eigenvalue weighted by molar-refractivity contribution is 0.0933. The first kappa shape index (κ1) is 31.3. The van der Waals surface area contributed by atoms with Gasteiger partial charge in [0.1, 0.15) is 17.3 Å². The minimum Gasteiger partial charge on any atom is -0.507 e. The van der Waals surface area contributed by atoms with E-state index in [4.69, 9.17) is 4.74 Å². The van der Waals surface area contributed by atoms with Gasteiger partial charge in [0.2, 0.25) is 0 Å². The predicted molar refractivity (Wildman–Crippen MR) is 167 cm³/mol. The van der Waals surface area contributed by atoms with Gasteiger partial charge in [0.15, 0.2) is 5.82 Å². The zero-order valence-corrected chi connectivity index (χ0v) is 25.0. The third kappa shape index (κ3) is 9.46. The lowest BCUT2D eigenvalue weighted by atomic mass is 9.87. The first-order chi connectivity index (χ1) is 20.7. The SMILES string of the molecule is CCc1cc(-c2ccc(F)cc2)c(O)cc1OCCCCC(C)(C)CNC(=O)c1ccc(N=NCc2ccccc2)nc1. The van der Waals surface area contributed by atoms with Crippen LogP contribution in [-0.2, 0) is 13.0 Å². The second-order valence-corrected chi connectivity index (χ2v) is 11.3. The van der Waals surface area contributed by atoms with E-state index < -0.39 is 0 Å². The van der Waals surface area contributed by atoms with E-state index in [1.807, 2.05) is 43.3 Å². The van der Waals surface area contributed by atoms with Gasteiger partial charge in [0, 0.05) is 24.4 Å². The molecule has 43 heavy (non-hydrogen) atoms. The van der Waals surface area contributed by atoms with Crippen LogP contribution in [0.5, 0.6) is 11.5 Å². The number of ether oxygens (including phenoxy) is 1. The lowest BCUT2D eigenvalue weighted by Gasteiger charge is -2.25. The van der Waals surface area contributed by atoms with Crippen LogP contribution in [0.4, 0.5) is 10.2 Å². The van der Waals surface area contributed by atoms with Crippen LogP contribution in [0.15, 0.2) is 95.3 Å². The quantitative estimate of drug-likeness (QED) is 0.115. The average molecular weight is 583 g/mol. The number of aryl methyl sites for hydroxylation is 1. The van der Waals surface area contributed by atoms with Crippen LogP contribution < -0.4 is 10.1 Å². The summed E-state index contributed by atoms with van der Waals surface area (Å²) >= 11 is 0. The standard InChI is InChI=1S/C35H39FN4O3/c1-4-26-20-30(27-12-15-29(36)16-13-27)31(41)21-32(26)43-19-9-8-18-35(2,3)24-38-34(42)28-14-17-33(37-23-28)40-39-22-25-10-6-5-7-11-25/h5-7,10-17,20-21,23,41H,4,8-9,18-19,22,24H2,1-3H3,(H,38,42). The molecule has 3 aromatic carbocycles. The van der Waals surface area contributed by atoms with Crippen LogP contribution in [0.2, 0.25) is 0 Å². The Morgan fingerprint density at radius 1 is 1.02 bits per heavy atom. The number of phenols is 1. The molecule has 0 aliphatic heterocycles. The first-order valence-electron chi connectivity index (χ1n) is 14.6. The Morgan fingerprint density at radius 2 is 1.79 bits per heavy atom. The number of pyridine rings is 1. The number of amides is 1. The molecule has 0 aliphatic rings. The fourth-order valence-corrected chi connectivity index (χ4v) is 4.64. The van der Waals surface area contributed by atoms with Gasteiger partial charge in [0.05, 0.1) is 18.7 Å². The molecule has 0 aliphatic carbocycles. The summed E-state index contributed by atoms with van der Waals surface area (Å²) in [6.07, 6.45) is 4.93. The maximum Gasteiger partial charge on any atom is 0.252 e. The smallest absolute Gasteiger partial charge is 0.252 e. The van der Waals surface area contributed by atoms with Crippen LogP contribution in [0.3, 0.4) is 0 Å². The van der Waals surface area contributed by atoms with Crippen molar-refractivity contribution < 1.29 is 19.0 Å². The molecule has 0 bridgehead atoms. The second kappa shape index (κ2) is 15.0. The first-order valence-corrected chi connectivity index (χ1v) is 14.6. The number of carbonyl (C=O) groups is 1. The van der Waals surface area contributed by atoms with Crippen molar-refractivity contribution in [3.8, 4) is 22.6 Å². The fourth-order valence-electron chi connectivity index (χ4n) is 4.64. The van der Waals surface area contributed by atoms with Crippen molar-refractivity contribution in [2.75, 3.05) is 13.2 Å². The molecule has 2 N–H and O–H groups in total. The number of azo groups is 1. The summed E-state index contributed by atoms with van der Waals surface area (Å²) in [5.41, 5.74) is 3.84. The molecule has 0 fully saturated rings. The van der Waals surface area contributed by atoms with Crippen LogP contribution in [0, 0.1) is 11.2 Å². The van der Waals surface area contributed by atoms with Crippen molar-refractivity contribution in [3.05, 3.63) is 108 Å². The molecule has 0 saturated carbocycles. The lowest BCUT2D eigenvalue weighted by Crippen LogP contribution is -2.34. The average Bonchev–Trinajstić information content (AvgIpc) is 3.01. The van der Waals surface area contributed by atoms with E-state index in [9.17, 15) is 14.3 Å². The summed E-state index contributed by atoms with van der Waals surface area (Å²) in [6.45, 7) is 7.82. The van der Waals surface area contributed by atoms with E-state index in [2.05, 4.69) is 34.4 Å². The summed E-state index contributed by atoms with van der Waals surface area (Å²) < 4.78 is 19.3. The topological polar surface area (TPSA) is 96.2 Å². The van der Waals surface area contributed by atoms with Gasteiger partial charge in [-0.3, -0.25) is 4.79 Å². The Morgan fingerprint density at radius 3 is 2.49 bits per heavy atom. The molecule has 1 aromatic heterocycles. The number of nitrogens with one attached hydrogen (secondary N) is 1. The molecule has 0 radical (unpaired) electrons. The highest BCUT2D eigenvalue weighted by Crippen LogP contribution is 2.36. The minimum absolute atomic E-state index is 0.0989. The Balaban J connectivity index is 1.19. The van der Waals surface area contributed by atoms with Gasteiger partial charge < -0.3 is 15.2 Å². The van der Waals surface area contributed by atoms with Crippen molar-refractivity contribution >= 4 is 11.7 Å². The van der Waals surface area contributed by atoms with Gasteiger partial charge in [-0.1, -0.05) is 63.2 Å². The number of aromatic nitrogens is 1. The summed E-state index contributed by atoms with van der Waals surface area (Å²) in [7, 11) is 0. The van der Waals surface area contributed by atoms with Gasteiger partial charge >= 0.3 is 0 Å². The summed E-state index contributed by atoms with van der Waals surface area (Å²) in [6, 6.07) is 22.9. The fraction of sp³-hybridized carbons (Fsp3) is 0.314. The summed E-state index contributed by atoms with van der Waals surface area (Å²) in [4.78, 5) is 16.9. The van der Waals surface area contributed by atoms with Crippen molar-refractivity contribution in [3.63, 3.8) is 0 Å². The number of carbonyl (C=O) groups excluding carboxylic acids is 1. The molecule has 0 atom stereocenters. The summed E-state index contributed by atoms with van der Waals surface area (Å²) in [5.74, 6) is 0.737. The molecule has 0 saturated heterocycles. The van der Waals surface area contributed by atoms with Crippen molar-refractivity contribution in [2.24, 2.45) is 15.6 Å². The predicted octanol–water partition coefficient (Wildman–Crippen LogP) is 8.44. The van der Waals surface area contributed by atoms with E-state index in [1.54, 1.807) is 30.3 Å². The number of rotatable bonds is 14. The molecule has 1 amide bonds. The van der Waals surface area contributed by atoms with Gasteiger partial charge in [-0.15, -0.1) is 5.11 Å². The minimum atomic E-state index is -0.314. The number of unbranched alkanes of at least 4 members (excludes halogenated alkanes) is 1. The number of halogens is 1. The van der Waals surface area contributed by atoms with Crippen LogP contribution >= 0.6 is 0 Å². The molecule has 1 heterocycles. The number of hydrogen-bond acceptors (Lipinski definition) is 6. The number of hydrogen-bond donors (Lipinski definition) is 2. The highest BCUT2D eigenvalue weighted by Gasteiger charge is 2.19.